The highest BCUT2D eigenvalue weighted by atomic mass is 16.5. The Balaban J connectivity index is 2.09. The molecule has 2 saturated heterocycles. The first kappa shape index (κ1) is 21.1. The molecule has 7 nitrogen and oxygen atoms in total. The fourth-order valence-electron chi connectivity index (χ4n) is 4.62. The van der Waals surface area contributed by atoms with Crippen LogP contribution in [0.3, 0.4) is 0 Å². The molecule has 2 aliphatic heterocycles. The third kappa shape index (κ3) is 4.75. The molecule has 0 aromatic carbocycles. The van der Waals surface area contributed by atoms with Crippen LogP contribution < -0.4 is 0 Å². The Morgan fingerprint density at radius 3 is 2.15 bits per heavy atom. The molecule has 2 N–H and O–H groups in total. The summed E-state index contributed by atoms with van der Waals surface area (Å²) in [5.74, 6) is -1.36. The molecule has 0 bridgehead atoms. The van der Waals surface area contributed by atoms with Crippen molar-refractivity contribution in [3.05, 3.63) is 0 Å². The van der Waals surface area contributed by atoms with Gasteiger partial charge in [0.25, 0.3) is 0 Å². The molecule has 2 aliphatic rings. The Morgan fingerprint density at radius 2 is 1.62 bits per heavy atom. The first-order valence-electron chi connectivity index (χ1n) is 9.50. The zero-order valence-electron chi connectivity index (χ0n) is 16.7. The van der Waals surface area contributed by atoms with Gasteiger partial charge in [0.2, 0.25) is 0 Å². The number of hydrogen-bond acceptors (Lipinski definition) is 5. The lowest BCUT2D eigenvalue weighted by atomic mass is 9.79. The number of likely N-dealkylation sites (tertiary alicyclic amines) is 1. The van der Waals surface area contributed by atoms with Crippen molar-refractivity contribution < 1.29 is 24.5 Å². The molecule has 26 heavy (non-hydrogen) atoms. The second-order valence-electron chi connectivity index (χ2n) is 9.25. The van der Waals surface area contributed by atoms with Gasteiger partial charge in [0, 0.05) is 17.6 Å². The SMILES string of the molecule is CC(C)(C)N1CCC(CC(C)(C)N2CCOCC2C(=O)O)CC1C(=O)O. The minimum Gasteiger partial charge on any atom is -0.480 e. The van der Waals surface area contributed by atoms with E-state index in [1.807, 2.05) is 4.90 Å². The summed E-state index contributed by atoms with van der Waals surface area (Å²) in [5.41, 5.74) is -0.493. The maximum Gasteiger partial charge on any atom is 0.323 e. The summed E-state index contributed by atoms with van der Waals surface area (Å²) < 4.78 is 5.35. The van der Waals surface area contributed by atoms with E-state index in [0.717, 1.165) is 19.4 Å². The molecule has 3 unspecified atom stereocenters. The van der Waals surface area contributed by atoms with Crippen LogP contribution in [0.15, 0.2) is 0 Å². The van der Waals surface area contributed by atoms with Gasteiger partial charge in [0.1, 0.15) is 12.1 Å². The summed E-state index contributed by atoms with van der Waals surface area (Å²) in [4.78, 5) is 27.5. The molecule has 3 atom stereocenters. The minimum atomic E-state index is -0.858. The Labute approximate surface area is 156 Å². The number of carboxylic acids is 2. The van der Waals surface area contributed by atoms with Gasteiger partial charge in [0.15, 0.2) is 0 Å². The molecule has 0 aromatic rings. The number of aliphatic carboxylic acids is 2. The average Bonchev–Trinajstić information content (AvgIpc) is 2.53. The van der Waals surface area contributed by atoms with Gasteiger partial charge in [-0.2, -0.15) is 0 Å². The van der Waals surface area contributed by atoms with E-state index in [9.17, 15) is 19.8 Å². The van der Waals surface area contributed by atoms with Gasteiger partial charge in [-0.05, 0) is 66.3 Å². The highest BCUT2D eigenvalue weighted by Gasteiger charge is 2.43. The molecular weight excluding hydrogens is 336 g/mol. The topological polar surface area (TPSA) is 90.3 Å². The lowest BCUT2D eigenvalue weighted by Gasteiger charge is -2.49. The smallest absolute Gasteiger partial charge is 0.323 e. The van der Waals surface area contributed by atoms with Crippen molar-refractivity contribution in [3.8, 4) is 0 Å². The highest BCUT2D eigenvalue weighted by molar-refractivity contribution is 5.74. The van der Waals surface area contributed by atoms with E-state index in [1.165, 1.54) is 0 Å². The summed E-state index contributed by atoms with van der Waals surface area (Å²) >= 11 is 0. The van der Waals surface area contributed by atoms with Crippen molar-refractivity contribution in [2.45, 2.75) is 77.0 Å². The van der Waals surface area contributed by atoms with Gasteiger partial charge in [-0.1, -0.05) is 0 Å². The molecule has 0 aliphatic carbocycles. The Kier molecular flexibility index (Phi) is 6.36. The van der Waals surface area contributed by atoms with Gasteiger partial charge in [-0.25, -0.2) is 0 Å². The fraction of sp³-hybridized carbons (Fsp3) is 0.895. The molecule has 0 saturated carbocycles. The maximum atomic E-state index is 11.8. The van der Waals surface area contributed by atoms with E-state index >= 15 is 0 Å². The predicted molar refractivity (Wildman–Crippen MR) is 98.3 cm³/mol. The zero-order valence-corrected chi connectivity index (χ0v) is 16.7. The van der Waals surface area contributed by atoms with Crippen molar-refractivity contribution in [2.24, 2.45) is 5.92 Å². The van der Waals surface area contributed by atoms with Crippen LogP contribution in [-0.2, 0) is 14.3 Å². The second kappa shape index (κ2) is 7.82. The largest absolute Gasteiger partial charge is 0.480 e. The fourth-order valence-corrected chi connectivity index (χ4v) is 4.62. The number of piperidine rings is 1. The lowest BCUT2D eigenvalue weighted by molar-refractivity contribution is -0.156. The van der Waals surface area contributed by atoms with Gasteiger partial charge in [0.05, 0.1) is 13.2 Å². The van der Waals surface area contributed by atoms with Crippen LogP contribution >= 0.6 is 0 Å². The quantitative estimate of drug-likeness (QED) is 0.764. The summed E-state index contributed by atoms with van der Waals surface area (Å²) in [6.45, 7) is 12.4. The van der Waals surface area contributed by atoms with E-state index in [-0.39, 0.29) is 23.6 Å². The summed E-state index contributed by atoms with van der Waals surface area (Å²) in [6, 6.07) is -1.12. The Hall–Kier alpha value is -1.18. The highest BCUT2D eigenvalue weighted by Crippen LogP contribution is 2.36. The van der Waals surface area contributed by atoms with Crippen LogP contribution in [-0.4, -0.2) is 81.4 Å². The van der Waals surface area contributed by atoms with Crippen LogP contribution in [0.2, 0.25) is 0 Å². The normalized spacial score (nSPS) is 29.5. The zero-order chi connectivity index (χ0) is 19.7. The van der Waals surface area contributed by atoms with Gasteiger partial charge in [-0.3, -0.25) is 19.4 Å². The Morgan fingerprint density at radius 1 is 1.00 bits per heavy atom. The van der Waals surface area contributed by atoms with Gasteiger partial charge in [-0.15, -0.1) is 0 Å². The predicted octanol–water partition coefficient (Wildman–Crippen LogP) is 1.90. The molecule has 0 aromatic heterocycles. The monoisotopic (exact) mass is 370 g/mol. The number of hydrogen-bond donors (Lipinski definition) is 2. The van der Waals surface area contributed by atoms with E-state index in [2.05, 4.69) is 39.5 Å². The molecule has 150 valence electrons. The Bertz CT molecular complexity index is 529. The van der Waals surface area contributed by atoms with Crippen molar-refractivity contribution in [2.75, 3.05) is 26.3 Å². The summed E-state index contributed by atoms with van der Waals surface area (Å²) in [5, 5.41) is 19.2. The molecule has 2 heterocycles. The number of ether oxygens (including phenoxy) is 1. The average molecular weight is 370 g/mol. The molecule has 0 amide bonds. The standard InChI is InChI=1S/C19H34N2O5/c1-18(2,3)20-7-6-13(10-14(20)16(22)23)11-19(4,5)21-8-9-26-12-15(21)17(24)25/h13-15H,6-12H2,1-5H3,(H,22,23)(H,24,25). The van der Waals surface area contributed by atoms with E-state index < -0.39 is 24.0 Å². The maximum absolute atomic E-state index is 11.8. The van der Waals surface area contributed by atoms with Crippen molar-refractivity contribution in [1.29, 1.82) is 0 Å². The summed E-state index contributed by atoms with van der Waals surface area (Å²) in [7, 11) is 0. The third-order valence-electron chi connectivity index (χ3n) is 5.84. The van der Waals surface area contributed by atoms with Crippen molar-refractivity contribution in [1.82, 2.24) is 9.80 Å². The minimum absolute atomic E-state index is 0.178. The number of nitrogens with zero attached hydrogens (tertiary/aromatic N) is 2. The van der Waals surface area contributed by atoms with E-state index in [4.69, 9.17) is 4.74 Å². The molecule has 0 spiro atoms. The number of carbonyl (C=O) groups is 2. The molecule has 0 radical (unpaired) electrons. The number of morpholine rings is 1. The van der Waals surface area contributed by atoms with Crippen molar-refractivity contribution >= 4 is 11.9 Å². The number of carboxylic acid groups (broad SMARTS) is 2. The first-order chi connectivity index (χ1) is 11.9. The van der Waals surface area contributed by atoms with E-state index in [1.54, 1.807) is 0 Å². The third-order valence-corrected chi connectivity index (χ3v) is 5.84. The van der Waals surface area contributed by atoms with Crippen LogP contribution in [0.4, 0.5) is 0 Å². The van der Waals surface area contributed by atoms with Crippen LogP contribution in [0.5, 0.6) is 0 Å². The number of rotatable bonds is 5. The molecule has 7 heteroatoms. The van der Waals surface area contributed by atoms with E-state index in [0.29, 0.717) is 19.6 Å². The lowest BCUT2D eigenvalue weighted by Crippen LogP contribution is -2.60. The van der Waals surface area contributed by atoms with Crippen LogP contribution in [0, 0.1) is 5.92 Å². The van der Waals surface area contributed by atoms with Crippen LogP contribution in [0.25, 0.3) is 0 Å². The van der Waals surface area contributed by atoms with Gasteiger partial charge >= 0.3 is 11.9 Å². The molecule has 2 fully saturated rings. The molecule has 2 rings (SSSR count). The van der Waals surface area contributed by atoms with Crippen molar-refractivity contribution in [3.63, 3.8) is 0 Å². The summed E-state index contributed by atoms with van der Waals surface area (Å²) in [6.07, 6.45) is 2.34. The van der Waals surface area contributed by atoms with Crippen LogP contribution in [0.1, 0.15) is 53.9 Å². The van der Waals surface area contributed by atoms with Gasteiger partial charge < -0.3 is 14.9 Å². The molecular formula is C19H34N2O5. The second-order valence-corrected chi connectivity index (χ2v) is 9.25. The first-order valence-corrected chi connectivity index (χ1v) is 9.50.